The van der Waals surface area contributed by atoms with Crippen molar-refractivity contribution in [1.82, 2.24) is 24.1 Å². The summed E-state index contributed by atoms with van der Waals surface area (Å²) in [5.41, 5.74) is 13.4. The van der Waals surface area contributed by atoms with Gasteiger partial charge >= 0.3 is 0 Å². The average Bonchev–Trinajstić information content (AvgIpc) is 3.40. The second kappa shape index (κ2) is 12.8. The Morgan fingerprint density at radius 1 is 1.20 bits per heavy atom. The van der Waals surface area contributed by atoms with Crippen LogP contribution in [0, 0.1) is 0 Å². The van der Waals surface area contributed by atoms with Crippen LogP contribution >= 0.6 is 22.9 Å². The van der Waals surface area contributed by atoms with Gasteiger partial charge in [-0.3, -0.25) is 9.80 Å². The highest BCUT2D eigenvalue weighted by atomic mass is 35.5. The molecule has 4 N–H and O–H groups in total. The van der Waals surface area contributed by atoms with E-state index in [0.29, 0.717) is 40.9 Å². The molecule has 0 saturated carbocycles. The molecule has 0 amide bonds. The topological polar surface area (TPSA) is 139 Å². The van der Waals surface area contributed by atoms with E-state index < -0.39 is 21.3 Å². The highest BCUT2D eigenvalue weighted by Crippen LogP contribution is 2.38. The van der Waals surface area contributed by atoms with Crippen LogP contribution in [0.2, 0.25) is 5.02 Å². The molecule has 1 aliphatic heterocycles. The van der Waals surface area contributed by atoms with Gasteiger partial charge in [0.15, 0.2) is 0 Å². The average molecular weight is 656 g/mol. The maximum atomic E-state index is 14.3. The Hall–Kier alpha value is -2.97. The number of hydrogen-bond donors (Lipinski definition) is 2. The number of carbonyl (C=O) groups excluding carboxylic acids is 1. The first-order chi connectivity index (χ1) is 20.9. The molecule has 0 spiro atoms. The van der Waals surface area contributed by atoms with Crippen LogP contribution in [0.25, 0.3) is 21.0 Å². The Morgan fingerprint density at radius 2 is 1.98 bits per heavy atom. The molecule has 13 heteroatoms. The maximum Gasteiger partial charge on any atom is 0.225 e. The fourth-order valence-corrected chi connectivity index (χ4v) is 9.09. The number of aromatic nitrogens is 2. The monoisotopic (exact) mass is 655 g/mol. The van der Waals surface area contributed by atoms with E-state index in [2.05, 4.69) is 26.3 Å². The van der Waals surface area contributed by atoms with E-state index in [1.165, 1.54) is 28.0 Å². The largest absolute Gasteiger partial charge is 0.383 e. The molecule has 0 bridgehead atoms. The van der Waals surface area contributed by atoms with Crippen molar-refractivity contribution in [3.63, 3.8) is 0 Å². The number of sulfonamides is 1. The molecule has 2 aromatic heterocycles. The number of likely N-dealkylation sites (N-methyl/N-ethyl adjacent to an activating group) is 1. The van der Waals surface area contributed by atoms with Gasteiger partial charge in [-0.05, 0) is 62.2 Å². The van der Waals surface area contributed by atoms with Crippen LogP contribution in [-0.4, -0.2) is 89.6 Å². The lowest BCUT2D eigenvalue weighted by Gasteiger charge is -2.47. The molecule has 2 unspecified atom stereocenters. The molecule has 0 radical (unpaired) electrons. The number of fused-ring (bicyclic) bond motifs is 2. The fourth-order valence-electron chi connectivity index (χ4n) is 5.60. The number of anilines is 1. The van der Waals surface area contributed by atoms with Gasteiger partial charge in [-0.15, -0.1) is 17.9 Å². The Kier molecular flexibility index (Phi) is 9.43. The summed E-state index contributed by atoms with van der Waals surface area (Å²) in [5.74, 6) is 0.396. The normalized spacial score (nSPS) is 19.5. The highest BCUT2D eigenvalue weighted by molar-refractivity contribution is 7.89. The molecular formula is C31H38ClN7O3S2. The Morgan fingerprint density at radius 3 is 2.68 bits per heavy atom. The molecule has 10 nitrogen and oxygen atoms in total. The minimum atomic E-state index is -3.93. The number of rotatable bonds is 11. The number of benzene rings is 2. The van der Waals surface area contributed by atoms with Crippen molar-refractivity contribution >= 4 is 66.1 Å². The summed E-state index contributed by atoms with van der Waals surface area (Å²) in [4.78, 5) is 26.0. The van der Waals surface area contributed by atoms with Crippen molar-refractivity contribution in [3.05, 3.63) is 76.9 Å². The molecule has 3 heterocycles. The van der Waals surface area contributed by atoms with Gasteiger partial charge in [0.1, 0.15) is 23.7 Å². The molecular weight excluding hydrogens is 618 g/mol. The lowest BCUT2D eigenvalue weighted by Crippen LogP contribution is -2.64. The molecule has 44 heavy (non-hydrogen) atoms. The SMILES string of the molecule is C=CC(c1cc2ccc(Cl)cc2s1)S(=O)(=O)N1CC(C=O)N(Cc2ccc3c(N)ncnc3c2)[C@@H](CN(C)C(C)(C)CN)C1. The van der Waals surface area contributed by atoms with E-state index in [4.69, 9.17) is 23.1 Å². The molecule has 234 valence electrons. The van der Waals surface area contributed by atoms with E-state index >= 15 is 0 Å². The predicted octanol–water partition coefficient (Wildman–Crippen LogP) is 4.06. The zero-order chi connectivity index (χ0) is 31.8. The minimum absolute atomic E-state index is 0.0239. The maximum absolute atomic E-state index is 14.3. The smallest absolute Gasteiger partial charge is 0.225 e. The second-order valence-corrected chi connectivity index (χ2v) is 15.5. The zero-order valence-electron chi connectivity index (χ0n) is 25.1. The standard InChI is InChI=1S/C31H38ClN7O3S2/c1-5-29(28-11-21-7-8-22(32)12-27(21)43-28)44(41,42)38-15-23(14-37(4)31(2,3)18-33)39(24(16-38)17-40)13-20-6-9-25-26(10-20)35-19-36-30(25)34/h5-12,17,19,23-24,29H,1,13-16,18,33H2,2-4H3,(H2,34,35,36)/t23-,24?,29?/m0/s1. The molecule has 1 saturated heterocycles. The zero-order valence-corrected chi connectivity index (χ0v) is 27.4. The summed E-state index contributed by atoms with van der Waals surface area (Å²) in [6.45, 7) is 9.52. The molecule has 0 aliphatic carbocycles. The third-order valence-electron chi connectivity index (χ3n) is 8.65. The lowest BCUT2D eigenvalue weighted by molar-refractivity contribution is -0.116. The van der Waals surface area contributed by atoms with E-state index in [0.717, 1.165) is 27.3 Å². The van der Waals surface area contributed by atoms with Gasteiger partial charge in [0, 0.05) is 64.3 Å². The predicted molar refractivity (Wildman–Crippen MR) is 179 cm³/mol. The summed E-state index contributed by atoms with van der Waals surface area (Å²) in [7, 11) is -1.96. The Bertz CT molecular complexity index is 1800. The van der Waals surface area contributed by atoms with Crippen LogP contribution in [0.15, 0.2) is 61.4 Å². The number of nitrogens with two attached hydrogens (primary N) is 2. The van der Waals surface area contributed by atoms with Gasteiger partial charge in [-0.25, -0.2) is 18.4 Å². The van der Waals surface area contributed by atoms with E-state index in [9.17, 15) is 13.2 Å². The highest BCUT2D eigenvalue weighted by Gasteiger charge is 2.43. The summed E-state index contributed by atoms with van der Waals surface area (Å²) in [6, 6.07) is 12.1. The quantitative estimate of drug-likeness (QED) is 0.181. The number of aldehydes is 1. The number of hydrogen-bond acceptors (Lipinski definition) is 10. The minimum Gasteiger partial charge on any atom is -0.383 e. The van der Waals surface area contributed by atoms with E-state index in [1.807, 2.05) is 57.3 Å². The molecule has 1 fully saturated rings. The third-order valence-corrected chi connectivity index (χ3v) is 12.3. The number of nitrogens with zero attached hydrogens (tertiary/aromatic N) is 5. The molecule has 3 atom stereocenters. The van der Waals surface area contributed by atoms with Crippen molar-refractivity contribution in [3.8, 4) is 0 Å². The van der Waals surface area contributed by atoms with Crippen LogP contribution in [0.3, 0.4) is 0 Å². The summed E-state index contributed by atoms with van der Waals surface area (Å²) < 4.78 is 30.9. The van der Waals surface area contributed by atoms with Crippen LogP contribution in [0.5, 0.6) is 0 Å². The van der Waals surface area contributed by atoms with Gasteiger partial charge in [0.25, 0.3) is 0 Å². The summed E-state index contributed by atoms with van der Waals surface area (Å²) >= 11 is 7.57. The molecule has 4 aromatic rings. The first kappa shape index (κ1) is 32.4. The lowest BCUT2D eigenvalue weighted by atomic mass is 10.0. The number of halogens is 1. The van der Waals surface area contributed by atoms with Gasteiger partial charge in [0.05, 0.1) is 11.6 Å². The van der Waals surface area contributed by atoms with Crippen LogP contribution in [0.1, 0.15) is 29.5 Å². The van der Waals surface area contributed by atoms with Gasteiger partial charge in [0.2, 0.25) is 10.0 Å². The van der Waals surface area contributed by atoms with E-state index in [1.54, 1.807) is 6.07 Å². The first-order valence-corrected chi connectivity index (χ1v) is 17.0. The number of nitrogen functional groups attached to an aromatic ring is 1. The number of piperazine rings is 1. The van der Waals surface area contributed by atoms with Gasteiger partial charge < -0.3 is 16.3 Å². The van der Waals surface area contributed by atoms with Crippen molar-refractivity contribution in [2.75, 3.05) is 39.0 Å². The summed E-state index contributed by atoms with van der Waals surface area (Å²) in [6.07, 6.45) is 3.73. The van der Waals surface area contributed by atoms with Crippen molar-refractivity contribution in [1.29, 1.82) is 0 Å². The van der Waals surface area contributed by atoms with Crippen molar-refractivity contribution in [2.24, 2.45) is 5.73 Å². The number of carbonyl (C=O) groups is 1. The van der Waals surface area contributed by atoms with E-state index in [-0.39, 0.29) is 24.7 Å². The summed E-state index contributed by atoms with van der Waals surface area (Å²) in [5, 5.41) is 1.28. The molecule has 2 aromatic carbocycles. The van der Waals surface area contributed by atoms with Crippen molar-refractivity contribution < 1.29 is 13.2 Å². The third kappa shape index (κ3) is 6.38. The fraction of sp³-hybridized carbons (Fsp3) is 0.387. The van der Waals surface area contributed by atoms with Crippen LogP contribution < -0.4 is 11.5 Å². The van der Waals surface area contributed by atoms with Crippen molar-refractivity contribution in [2.45, 2.75) is 43.3 Å². The molecule has 5 rings (SSSR count). The molecule has 1 aliphatic rings. The van der Waals surface area contributed by atoms with Crippen LogP contribution in [0.4, 0.5) is 5.82 Å². The van der Waals surface area contributed by atoms with Gasteiger partial charge in [-0.1, -0.05) is 29.8 Å². The van der Waals surface area contributed by atoms with Gasteiger partial charge in [-0.2, -0.15) is 4.31 Å². The number of thiophene rings is 1. The Balaban J connectivity index is 1.49. The van der Waals surface area contributed by atoms with Crippen LogP contribution in [-0.2, 0) is 21.4 Å². The first-order valence-electron chi connectivity index (χ1n) is 14.3. The Labute approximate surface area is 267 Å². The second-order valence-electron chi connectivity index (χ2n) is 11.9.